The smallest absolute Gasteiger partial charge is 0.156 e. The highest BCUT2D eigenvalue weighted by atomic mass is 16.5. The van der Waals surface area contributed by atoms with Crippen LogP contribution in [0.25, 0.3) is 0 Å². The van der Waals surface area contributed by atoms with Crippen LogP contribution < -0.4 is 0 Å². The lowest BCUT2D eigenvalue weighted by molar-refractivity contribution is 0.164. The summed E-state index contributed by atoms with van der Waals surface area (Å²) in [6, 6.07) is 0. The fraction of sp³-hybridized carbons (Fsp3) is 0.636. The normalized spacial score (nSPS) is 21.9. The number of methoxy groups -OCH3 is 1. The van der Waals surface area contributed by atoms with Gasteiger partial charge < -0.3 is 9.47 Å². The van der Waals surface area contributed by atoms with Gasteiger partial charge in [0, 0.05) is 0 Å². The van der Waals surface area contributed by atoms with Gasteiger partial charge in [0.1, 0.15) is 0 Å². The van der Waals surface area contributed by atoms with Gasteiger partial charge in [0.2, 0.25) is 0 Å². The molecular formula is C11H16O2. The van der Waals surface area contributed by atoms with Crippen LogP contribution in [-0.2, 0) is 9.47 Å². The van der Waals surface area contributed by atoms with Crippen LogP contribution >= 0.6 is 0 Å². The zero-order valence-electron chi connectivity index (χ0n) is 8.08. The highest BCUT2D eigenvalue weighted by Gasteiger charge is 2.23. The molecule has 2 aliphatic carbocycles. The van der Waals surface area contributed by atoms with Crippen LogP contribution in [0.2, 0.25) is 0 Å². The van der Waals surface area contributed by atoms with E-state index in [1.807, 2.05) is 0 Å². The lowest BCUT2D eigenvalue weighted by Crippen LogP contribution is -2.04. The van der Waals surface area contributed by atoms with Crippen LogP contribution in [0.3, 0.4) is 0 Å². The molecule has 0 unspecified atom stereocenters. The fourth-order valence-electron chi connectivity index (χ4n) is 1.44. The van der Waals surface area contributed by atoms with Gasteiger partial charge in [-0.15, -0.1) is 0 Å². The van der Waals surface area contributed by atoms with E-state index in [2.05, 4.69) is 12.2 Å². The number of ether oxygens (including phenoxy) is 2. The summed E-state index contributed by atoms with van der Waals surface area (Å²) in [5.74, 6) is 2.66. The third-order valence-corrected chi connectivity index (χ3v) is 2.46. The standard InChI is InChI=1S/C11H16O2/c1-12-10-4-2-3-5-11(10)13-8-9-6-7-9/h4-5,9H,2-3,6-8H2,1H3. The summed E-state index contributed by atoms with van der Waals surface area (Å²) in [6.45, 7) is 0.868. The minimum atomic E-state index is 0.806. The maximum Gasteiger partial charge on any atom is 0.156 e. The molecule has 0 saturated heterocycles. The molecule has 0 atom stereocenters. The average Bonchev–Trinajstić information content (AvgIpc) is 2.99. The highest BCUT2D eigenvalue weighted by molar-refractivity contribution is 5.23. The van der Waals surface area contributed by atoms with Gasteiger partial charge in [-0.25, -0.2) is 0 Å². The molecule has 1 saturated carbocycles. The van der Waals surface area contributed by atoms with Gasteiger partial charge in [-0.3, -0.25) is 0 Å². The molecule has 0 amide bonds. The second kappa shape index (κ2) is 3.86. The predicted octanol–water partition coefficient (Wildman–Crippen LogP) is 2.62. The minimum absolute atomic E-state index is 0.806. The molecular weight excluding hydrogens is 164 g/mol. The molecule has 0 spiro atoms. The van der Waals surface area contributed by atoms with E-state index < -0.39 is 0 Å². The molecule has 0 aliphatic heterocycles. The van der Waals surface area contributed by atoms with Crippen LogP contribution in [0.5, 0.6) is 0 Å². The first-order valence-electron chi connectivity index (χ1n) is 4.97. The van der Waals surface area contributed by atoms with E-state index in [0.717, 1.165) is 36.9 Å². The van der Waals surface area contributed by atoms with Crippen molar-refractivity contribution in [1.29, 1.82) is 0 Å². The Kier molecular flexibility index (Phi) is 2.57. The van der Waals surface area contributed by atoms with Crippen LogP contribution in [0.1, 0.15) is 25.7 Å². The summed E-state index contributed by atoms with van der Waals surface area (Å²) >= 11 is 0. The van der Waals surface area contributed by atoms with E-state index in [0.29, 0.717) is 0 Å². The van der Waals surface area contributed by atoms with Crippen molar-refractivity contribution in [3.8, 4) is 0 Å². The van der Waals surface area contributed by atoms with Gasteiger partial charge in [-0.1, -0.05) is 0 Å². The Balaban J connectivity index is 1.87. The van der Waals surface area contributed by atoms with Crippen molar-refractivity contribution in [2.24, 2.45) is 5.92 Å². The molecule has 1 fully saturated rings. The van der Waals surface area contributed by atoms with Crippen molar-refractivity contribution in [2.75, 3.05) is 13.7 Å². The third-order valence-electron chi connectivity index (χ3n) is 2.46. The van der Waals surface area contributed by atoms with Gasteiger partial charge in [0.05, 0.1) is 13.7 Å². The molecule has 0 N–H and O–H groups in total. The van der Waals surface area contributed by atoms with Crippen molar-refractivity contribution < 1.29 is 9.47 Å². The Hall–Kier alpha value is -0.920. The molecule has 2 heteroatoms. The number of allylic oxidation sites excluding steroid dienone is 2. The predicted molar refractivity (Wildman–Crippen MR) is 51.1 cm³/mol. The molecule has 2 aliphatic rings. The molecule has 0 bridgehead atoms. The molecule has 0 heterocycles. The van der Waals surface area contributed by atoms with Crippen molar-refractivity contribution in [2.45, 2.75) is 25.7 Å². The van der Waals surface area contributed by atoms with E-state index in [1.54, 1.807) is 7.11 Å². The molecule has 0 aromatic carbocycles. The van der Waals surface area contributed by atoms with Crippen LogP contribution in [0.4, 0.5) is 0 Å². The number of hydrogen-bond donors (Lipinski definition) is 0. The summed E-state index contributed by atoms with van der Waals surface area (Å²) in [7, 11) is 1.70. The Morgan fingerprint density at radius 1 is 1.23 bits per heavy atom. The SMILES string of the molecule is COC1=CCCC=C1OCC1CC1. The van der Waals surface area contributed by atoms with Crippen molar-refractivity contribution >= 4 is 0 Å². The molecule has 2 rings (SSSR count). The highest BCUT2D eigenvalue weighted by Crippen LogP contribution is 2.31. The maximum absolute atomic E-state index is 5.68. The van der Waals surface area contributed by atoms with Gasteiger partial charge in [-0.2, -0.15) is 0 Å². The molecule has 2 nitrogen and oxygen atoms in total. The Morgan fingerprint density at radius 2 is 1.92 bits per heavy atom. The quantitative estimate of drug-likeness (QED) is 0.662. The minimum Gasteiger partial charge on any atom is -0.493 e. The average molecular weight is 180 g/mol. The molecule has 0 radical (unpaired) electrons. The molecule has 0 aromatic rings. The van der Waals surface area contributed by atoms with E-state index in [9.17, 15) is 0 Å². The third kappa shape index (κ3) is 2.27. The lowest BCUT2D eigenvalue weighted by Gasteiger charge is -2.15. The zero-order valence-corrected chi connectivity index (χ0v) is 8.08. The second-order valence-electron chi connectivity index (χ2n) is 3.67. The maximum atomic E-state index is 5.68. The van der Waals surface area contributed by atoms with Crippen molar-refractivity contribution in [3.05, 3.63) is 23.7 Å². The summed E-state index contributed by atoms with van der Waals surface area (Å²) in [6.07, 6.45) is 9.04. The van der Waals surface area contributed by atoms with Gasteiger partial charge in [0.15, 0.2) is 11.5 Å². The van der Waals surface area contributed by atoms with Crippen molar-refractivity contribution in [3.63, 3.8) is 0 Å². The van der Waals surface area contributed by atoms with E-state index in [4.69, 9.17) is 9.47 Å². The molecule has 13 heavy (non-hydrogen) atoms. The lowest BCUT2D eigenvalue weighted by atomic mass is 10.1. The zero-order chi connectivity index (χ0) is 9.10. The van der Waals surface area contributed by atoms with Crippen LogP contribution in [-0.4, -0.2) is 13.7 Å². The number of hydrogen-bond acceptors (Lipinski definition) is 2. The van der Waals surface area contributed by atoms with Gasteiger partial charge in [-0.05, 0) is 43.8 Å². The Bertz CT molecular complexity index is 236. The van der Waals surface area contributed by atoms with E-state index in [1.165, 1.54) is 12.8 Å². The largest absolute Gasteiger partial charge is 0.493 e. The fourth-order valence-corrected chi connectivity index (χ4v) is 1.44. The van der Waals surface area contributed by atoms with Crippen molar-refractivity contribution in [1.82, 2.24) is 0 Å². The summed E-state index contributed by atoms with van der Waals surface area (Å²) in [5.41, 5.74) is 0. The summed E-state index contributed by atoms with van der Waals surface area (Å²) in [5, 5.41) is 0. The first-order chi connectivity index (χ1) is 6.40. The van der Waals surface area contributed by atoms with Gasteiger partial charge >= 0.3 is 0 Å². The Labute approximate surface area is 79.2 Å². The molecule has 0 aromatic heterocycles. The molecule has 72 valence electrons. The van der Waals surface area contributed by atoms with E-state index in [-0.39, 0.29) is 0 Å². The van der Waals surface area contributed by atoms with Crippen LogP contribution in [0, 0.1) is 5.92 Å². The topological polar surface area (TPSA) is 18.5 Å². The number of rotatable bonds is 4. The summed E-state index contributed by atoms with van der Waals surface area (Å²) in [4.78, 5) is 0. The van der Waals surface area contributed by atoms with E-state index >= 15 is 0 Å². The van der Waals surface area contributed by atoms with Gasteiger partial charge in [0.25, 0.3) is 0 Å². The van der Waals surface area contributed by atoms with Crippen LogP contribution in [0.15, 0.2) is 23.7 Å². The first-order valence-corrected chi connectivity index (χ1v) is 4.97. The first kappa shape index (κ1) is 8.67. The summed E-state index contributed by atoms with van der Waals surface area (Å²) < 4.78 is 10.9. The monoisotopic (exact) mass is 180 g/mol. The second-order valence-corrected chi connectivity index (χ2v) is 3.67. The Morgan fingerprint density at radius 3 is 2.54 bits per heavy atom.